The third kappa shape index (κ3) is 3.40. The van der Waals surface area contributed by atoms with Crippen LogP contribution in [0.1, 0.15) is 12.5 Å². The van der Waals surface area contributed by atoms with Gasteiger partial charge in [0.1, 0.15) is 0 Å². The molecule has 0 bridgehead atoms. The molecule has 102 valence electrons. The number of benzene rings is 1. The molecule has 0 amide bonds. The van der Waals surface area contributed by atoms with E-state index in [0.29, 0.717) is 10.2 Å². The van der Waals surface area contributed by atoms with Gasteiger partial charge in [0, 0.05) is 18.5 Å². The molecule has 1 heterocycles. The van der Waals surface area contributed by atoms with Crippen molar-refractivity contribution in [1.82, 2.24) is 20.1 Å². The lowest BCUT2D eigenvalue weighted by Crippen LogP contribution is -2.12. The van der Waals surface area contributed by atoms with Gasteiger partial charge in [-0.2, -0.15) is 0 Å². The first kappa shape index (κ1) is 14.2. The SMILES string of the molecule is CCNCc1ccc(Sc2n[nH]c(=O)n2C)c(Cl)c1. The maximum Gasteiger partial charge on any atom is 0.343 e. The lowest BCUT2D eigenvalue weighted by atomic mass is 10.2. The van der Waals surface area contributed by atoms with Crippen LogP contribution in [0.15, 0.2) is 33.0 Å². The summed E-state index contributed by atoms with van der Waals surface area (Å²) in [6, 6.07) is 5.89. The molecule has 2 rings (SSSR count). The summed E-state index contributed by atoms with van der Waals surface area (Å²) in [7, 11) is 1.67. The van der Waals surface area contributed by atoms with Crippen LogP contribution in [0.2, 0.25) is 5.02 Å². The molecule has 0 saturated heterocycles. The first-order valence-electron chi connectivity index (χ1n) is 5.90. The minimum Gasteiger partial charge on any atom is -0.313 e. The summed E-state index contributed by atoms with van der Waals surface area (Å²) < 4.78 is 1.45. The second-order valence-corrected chi connectivity index (χ2v) is 5.43. The highest BCUT2D eigenvalue weighted by atomic mass is 35.5. The summed E-state index contributed by atoms with van der Waals surface area (Å²) in [5.41, 5.74) is 0.898. The van der Waals surface area contributed by atoms with E-state index < -0.39 is 0 Å². The zero-order chi connectivity index (χ0) is 13.8. The van der Waals surface area contributed by atoms with Gasteiger partial charge in [0.25, 0.3) is 0 Å². The second kappa shape index (κ2) is 6.27. The Morgan fingerprint density at radius 3 is 2.89 bits per heavy atom. The third-order valence-corrected chi connectivity index (χ3v) is 4.16. The van der Waals surface area contributed by atoms with Crippen LogP contribution in [0.25, 0.3) is 0 Å². The lowest BCUT2D eigenvalue weighted by Gasteiger charge is -2.06. The maximum absolute atomic E-state index is 11.3. The minimum atomic E-state index is -0.234. The van der Waals surface area contributed by atoms with Crippen LogP contribution in [0, 0.1) is 0 Å². The number of H-pyrrole nitrogens is 1. The van der Waals surface area contributed by atoms with Crippen molar-refractivity contribution in [2.45, 2.75) is 23.5 Å². The van der Waals surface area contributed by atoms with Gasteiger partial charge in [-0.25, -0.2) is 9.89 Å². The van der Waals surface area contributed by atoms with Crippen molar-refractivity contribution in [2.75, 3.05) is 6.54 Å². The molecule has 19 heavy (non-hydrogen) atoms. The molecular formula is C12H15ClN4OS. The molecular weight excluding hydrogens is 284 g/mol. The summed E-state index contributed by atoms with van der Waals surface area (Å²) in [6.07, 6.45) is 0. The first-order chi connectivity index (χ1) is 9.11. The molecule has 0 atom stereocenters. The molecule has 0 aliphatic carbocycles. The smallest absolute Gasteiger partial charge is 0.313 e. The van der Waals surface area contributed by atoms with Crippen LogP contribution >= 0.6 is 23.4 Å². The molecule has 0 radical (unpaired) electrons. The van der Waals surface area contributed by atoms with Crippen LogP contribution < -0.4 is 11.0 Å². The Morgan fingerprint density at radius 2 is 2.32 bits per heavy atom. The van der Waals surface area contributed by atoms with E-state index in [4.69, 9.17) is 11.6 Å². The topological polar surface area (TPSA) is 62.7 Å². The average Bonchev–Trinajstić information content (AvgIpc) is 2.71. The number of aromatic nitrogens is 3. The molecule has 0 saturated carbocycles. The van der Waals surface area contributed by atoms with Gasteiger partial charge in [0.2, 0.25) is 0 Å². The fourth-order valence-electron chi connectivity index (χ4n) is 1.53. The molecule has 7 heteroatoms. The van der Waals surface area contributed by atoms with Gasteiger partial charge < -0.3 is 5.32 Å². The van der Waals surface area contributed by atoms with Gasteiger partial charge in [-0.1, -0.05) is 24.6 Å². The third-order valence-electron chi connectivity index (χ3n) is 2.62. The molecule has 0 fully saturated rings. The molecule has 5 nitrogen and oxygen atoms in total. The van der Waals surface area contributed by atoms with Gasteiger partial charge in [-0.3, -0.25) is 4.57 Å². The fourth-order valence-corrected chi connectivity index (χ4v) is 2.65. The summed E-state index contributed by atoms with van der Waals surface area (Å²) in [6.45, 7) is 3.77. The number of hydrogen-bond donors (Lipinski definition) is 2. The number of aromatic amines is 1. The Bertz CT molecular complexity index is 622. The maximum atomic E-state index is 11.3. The number of nitrogens with zero attached hydrogens (tertiary/aromatic N) is 2. The van der Waals surface area contributed by atoms with Crippen LogP contribution in [0.4, 0.5) is 0 Å². The first-order valence-corrected chi connectivity index (χ1v) is 7.09. The molecule has 1 aromatic carbocycles. The van der Waals surface area contributed by atoms with Gasteiger partial charge in [0.05, 0.1) is 5.02 Å². The number of halogens is 1. The normalized spacial score (nSPS) is 10.9. The van der Waals surface area contributed by atoms with Crippen molar-refractivity contribution in [3.05, 3.63) is 39.3 Å². The molecule has 0 unspecified atom stereocenters. The summed E-state index contributed by atoms with van der Waals surface area (Å²) >= 11 is 7.61. The summed E-state index contributed by atoms with van der Waals surface area (Å²) in [4.78, 5) is 12.2. The van der Waals surface area contributed by atoms with Gasteiger partial charge in [-0.15, -0.1) is 5.10 Å². The number of rotatable bonds is 5. The van der Waals surface area contributed by atoms with Crippen molar-refractivity contribution in [3.63, 3.8) is 0 Å². The monoisotopic (exact) mass is 298 g/mol. The molecule has 0 spiro atoms. The van der Waals surface area contributed by atoms with Gasteiger partial charge >= 0.3 is 5.69 Å². The van der Waals surface area contributed by atoms with E-state index >= 15 is 0 Å². The van der Waals surface area contributed by atoms with E-state index in [1.807, 2.05) is 18.2 Å². The summed E-state index contributed by atoms with van der Waals surface area (Å²) in [5.74, 6) is 0. The van der Waals surface area contributed by atoms with E-state index in [2.05, 4.69) is 22.4 Å². The van der Waals surface area contributed by atoms with Crippen molar-refractivity contribution in [2.24, 2.45) is 7.05 Å². The fraction of sp³-hybridized carbons (Fsp3) is 0.333. The van der Waals surface area contributed by atoms with Crippen LogP contribution in [0.3, 0.4) is 0 Å². The molecule has 2 N–H and O–H groups in total. The Hall–Kier alpha value is -1.24. The lowest BCUT2D eigenvalue weighted by molar-refractivity contribution is 0.726. The highest BCUT2D eigenvalue weighted by Gasteiger charge is 2.09. The van der Waals surface area contributed by atoms with Crippen molar-refractivity contribution < 1.29 is 0 Å². The zero-order valence-corrected chi connectivity index (χ0v) is 12.3. The molecule has 0 aliphatic heterocycles. The summed E-state index contributed by atoms with van der Waals surface area (Å²) in [5, 5.41) is 10.8. The number of hydrogen-bond acceptors (Lipinski definition) is 4. The van der Waals surface area contributed by atoms with E-state index in [9.17, 15) is 4.79 Å². The predicted molar refractivity (Wildman–Crippen MR) is 76.8 cm³/mol. The van der Waals surface area contributed by atoms with Crippen molar-refractivity contribution in [3.8, 4) is 0 Å². The Balaban J connectivity index is 2.17. The Morgan fingerprint density at radius 1 is 1.53 bits per heavy atom. The Kier molecular flexibility index (Phi) is 4.68. The highest BCUT2D eigenvalue weighted by Crippen LogP contribution is 2.31. The van der Waals surface area contributed by atoms with E-state index in [1.54, 1.807) is 7.05 Å². The predicted octanol–water partition coefficient (Wildman–Crippen LogP) is 2.02. The quantitative estimate of drug-likeness (QED) is 0.886. The largest absolute Gasteiger partial charge is 0.343 e. The highest BCUT2D eigenvalue weighted by molar-refractivity contribution is 7.99. The molecule has 2 aromatic rings. The Labute approximate surface area is 120 Å². The molecule has 1 aromatic heterocycles. The van der Waals surface area contributed by atoms with Crippen LogP contribution in [-0.4, -0.2) is 21.3 Å². The molecule has 0 aliphatic rings. The van der Waals surface area contributed by atoms with E-state index in [0.717, 1.165) is 23.5 Å². The van der Waals surface area contributed by atoms with Gasteiger partial charge in [-0.05, 0) is 36.0 Å². The zero-order valence-electron chi connectivity index (χ0n) is 10.7. The number of nitrogens with one attached hydrogen (secondary N) is 2. The van der Waals surface area contributed by atoms with E-state index in [1.165, 1.54) is 16.3 Å². The van der Waals surface area contributed by atoms with E-state index in [-0.39, 0.29) is 5.69 Å². The standard InChI is InChI=1S/C12H15ClN4OS/c1-3-14-7-8-4-5-10(9(13)6-8)19-12-16-15-11(18)17(12)2/h4-6,14H,3,7H2,1-2H3,(H,15,18). The minimum absolute atomic E-state index is 0.234. The second-order valence-electron chi connectivity index (χ2n) is 4.02. The van der Waals surface area contributed by atoms with Crippen LogP contribution in [0.5, 0.6) is 0 Å². The van der Waals surface area contributed by atoms with Crippen LogP contribution in [-0.2, 0) is 13.6 Å². The van der Waals surface area contributed by atoms with Crippen molar-refractivity contribution in [1.29, 1.82) is 0 Å². The average molecular weight is 299 g/mol. The van der Waals surface area contributed by atoms with Gasteiger partial charge in [0.15, 0.2) is 5.16 Å². The van der Waals surface area contributed by atoms with Crippen molar-refractivity contribution >= 4 is 23.4 Å².